The van der Waals surface area contributed by atoms with Gasteiger partial charge in [-0.1, -0.05) is 133 Å². The van der Waals surface area contributed by atoms with Crippen molar-refractivity contribution in [1.82, 2.24) is 15.0 Å². The lowest BCUT2D eigenvalue weighted by Crippen LogP contribution is -2.00. The van der Waals surface area contributed by atoms with Crippen LogP contribution in [0.3, 0.4) is 0 Å². The van der Waals surface area contributed by atoms with Gasteiger partial charge in [-0.3, -0.25) is 0 Å². The van der Waals surface area contributed by atoms with Crippen molar-refractivity contribution in [3.8, 4) is 45.3 Å². The molecule has 0 bridgehead atoms. The second-order valence-electron chi connectivity index (χ2n) is 14.3. The highest BCUT2D eigenvalue weighted by molar-refractivity contribution is 6.23. The Morgan fingerprint density at radius 3 is 1.77 bits per heavy atom. The van der Waals surface area contributed by atoms with Gasteiger partial charge in [-0.25, -0.2) is 15.0 Å². The highest BCUT2D eigenvalue weighted by Gasteiger charge is 2.21. The molecule has 0 aliphatic rings. The van der Waals surface area contributed by atoms with Crippen LogP contribution in [0.5, 0.6) is 0 Å². The van der Waals surface area contributed by atoms with Gasteiger partial charge in [-0.05, 0) is 85.9 Å². The summed E-state index contributed by atoms with van der Waals surface area (Å²) < 4.78 is 13.1. The molecule has 0 spiro atoms. The normalized spacial score (nSPS) is 11.9. The zero-order valence-corrected chi connectivity index (χ0v) is 29.9. The maximum Gasteiger partial charge on any atom is 0.164 e. The minimum atomic E-state index is 0.581. The van der Waals surface area contributed by atoms with Crippen LogP contribution in [-0.2, 0) is 0 Å². The molecule has 0 aliphatic carbocycles. The third-order valence-electron chi connectivity index (χ3n) is 11.1. The van der Waals surface area contributed by atoms with Crippen molar-refractivity contribution in [3.63, 3.8) is 0 Å². The van der Waals surface area contributed by atoms with Gasteiger partial charge < -0.3 is 8.83 Å². The van der Waals surface area contributed by atoms with Crippen LogP contribution in [0.1, 0.15) is 0 Å². The van der Waals surface area contributed by atoms with Gasteiger partial charge in [-0.2, -0.15) is 0 Å². The molecule has 260 valence electrons. The largest absolute Gasteiger partial charge is 0.456 e. The quantitative estimate of drug-likeness (QED) is 0.181. The van der Waals surface area contributed by atoms with E-state index in [9.17, 15) is 0 Å². The van der Waals surface area contributed by atoms with E-state index in [1.165, 1.54) is 21.7 Å². The number of aromatic nitrogens is 3. The minimum absolute atomic E-state index is 0.581. The van der Waals surface area contributed by atoms with Crippen LogP contribution in [0.4, 0.5) is 0 Å². The summed E-state index contributed by atoms with van der Waals surface area (Å²) in [4.78, 5) is 15.4. The van der Waals surface area contributed by atoms with E-state index in [2.05, 4.69) is 121 Å². The molecule has 0 saturated carbocycles. The van der Waals surface area contributed by atoms with E-state index in [4.69, 9.17) is 23.8 Å². The minimum Gasteiger partial charge on any atom is -0.456 e. The first-order valence-electron chi connectivity index (χ1n) is 18.8. The van der Waals surface area contributed by atoms with E-state index in [-0.39, 0.29) is 0 Å². The van der Waals surface area contributed by atoms with Crippen LogP contribution < -0.4 is 0 Å². The molecular weight excluding hydrogens is 687 g/mol. The average Bonchev–Trinajstić information content (AvgIpc) is 3.82. The van der Waals surface area contributed by atoms with E-state index in [0.29, 0.717) is 17.5 Å². The van der Waals surface area contributed by atoms with Crippen molar-refractivity contribution < 1.29 is 8.83 Å². The maximum absolute atomic E-state index is 6.66. The number of rotatable bonds is 4. The average molecular weight is 716 g/mol. The molecule has 0 radical (unpaired) electrons. The highest BCUT2D eigenvalue weighted by Crippen LogP contribution is 2.43. The Balaban J connectivity index is 1.08. The fourth-order valence-corrected chi connectivity index (χ4v) is 8.50. The summed E-state index contributed by atoms with van der Waals surface area (Å²) in [5.74, 6) is 1.76. The summed E-state index contributed by atoms with van der Waals surface area (Å²) in [7, 11) is 0. The number of nitrogens with zero attached hydrogens (tertiary/aromatic N) is 3. The summed E-state index contributed by atoms with van der Waals surface area (Å²) in [5.41, 5.74) is 8.27. The molecule has 3 heterocycles. The highest BCUT2D eigenvalue weighted by atomic mass is 16.3. The first-order valence-corrected chi connectivity index (χ1v) is 18.8. The number of hydrogen-bond donors (Lipinski definition) is 0. The van der Waals surface area contributed by atoms with Crippen LogP contribution in [0.2, 0.25) is 0 Å². The molecule has 12 rings (SSSR count). The Labute approximate surface area is 320 Å². The Morgan fingerprint density at radius 1 is 0.286 bits per heavy atom. The zero-order valence-electron chi connectivity index (χ0n) is 29.9. The van der Waals surface area contributed by atoms with Crippen molar-refractivity contribution in [3.05, 3.63) is 176 Å². The van der Waals surface area contributed by atoms with Gasteiger partial charge in [0.2, 0.25) is 0 Å². The van der Waals surface area contributed by atoms with E-state index >= 15 is 0 Å². The number of furan rings is 2. The second kappa shape index (κ2) is 11.9. The molecule has 5 heteroatoms. The Bertz CT molecular complexity index is 3540. The van der Waals surface area contributed by atoms with Gasteiger partial charge in [0.1, 0.15) is 22.3 Å². The van der Waals surface area contributed by atoms with Gasteiger partial charge in [-0.15, -0.1) is 0 Å². The molecule has 0 saturated heterocycles. The SMILES string of the molecule is c1ccc(-c2nc(-c3ccc4oc5cc(-c6cccc7ccccc67)c6ccccc6c5c4c3)nc(-c3cccc4oc5cc6ccccc6cc5c34)n2)cc1. The van der Waals surface area contributed by atoms with Crippen LogP contribution in [0, 0.1) is 0 Å². The molecule has 5 nitrogen and oxygen atoms in total. The van der Waals surface area contributed by atoms with Crippen LogP contribution >= 0.6 is 0 Å². The first kappa shape index (κ1) is 30.8. The molecule has 0 fully saturated rings. The van der Waals surface area contributed by atoms with Gasteiger partial charge in [0.15, 0.2) is 17.5 Å². The third-order valence-corrected chi connectivity index (χ3v) is 11.1. The number of benzene rings is 9. The van der Waals surface area contributed by atoms with Crippen LogP contribution in [0.15, 0.2) is 185 Å². The maximum atomic E-state index is 6.66. The van der Waals surface area contributed by atoms with E-state index in [0.717, 1.165) is 82.3 Å². The molecular formula is C51H29N3O2. The van der Waals surface area contributed by atoms with Gasteiger partial charge >= 0.3 is 0 Å². The molecule has 0 unspecified atom stereocenters. The van der Waals surface area contributed by atoms with E-state index in [1.54, 1.807) is 0 Å². The first-order chi connectivity index (χ1) is 27.7. The van der Waals surface area contributed by atoms with Gasteiger partial charge in [0.25, 0.3) is 0 Å². The van der Waals surface area contributed by atoms with Crippen LogP contribution in [-0.4, -0.2) is 15.0 Å². The summed E-state index contributed by atoms with van der Waals surface area (Å²) in [5, 5.41) is 11.1. The van der Waals surface area contributed by atoms with Crippen molar-refractivity contribution in [2.24, 2.45) is 0 Å². The summed E-state index contributed by atoms with van der Waals surface area (Å²) in [6.45, 7) is 0. The van der Waals surface area contributed by atoms with Crippen molar-refractivity contribution in [1.29, 1.82) is 0 Å². The Hall–Kier alpha value is -7.63. The molecule has 0 aliphatic heterocycles. The lowest BCUT2D eigenvalue weighted by Gasteiger charge is -2.11. The fourth-order valence-electron chi connectivity index (χ4n) is 8.50. The summed E-state index contributed by atoms with van der Waals surface area (Å²) in [6, 6.07) is 61.0. The Kier molecular flexibility index (Phi) is 6.56. The van der Waals surface area contributed by atoms with Gasteiger partial charge in [0.05, 0.1) is 0 Å². The zero-order chi connectivity index (χ0) is 36.7. The molecule has 56 heavy (non-hydrogen) atoms. The third kappa shape index (κ3) is 4.71. The van der Waals surface area contributed by atoms with Crippen LogP contribution in [0.25, 0.3) is 121 Å². The predicted octanol–water partition coefficient (Wildman–Crippen LogP) is 13.8. The Morgan fingerprint density at radius 2 is 0.911 bits per heavy atom. The van der Waals surface area contributed by atoms with E-state index in [1.807, 2.05) is 54.6 Å². The van der Waals surface area contributed by atoms with Crippen molar-refractivity contribution in [2.45, 2.75) is 0 Å². The molecule has 0 N–H and O–H groups in total. The lowest BCUT2D eigenvalue weighted by molar-refractivity contribution is 0.669. The standard InChI is InChI=1S/C51H29N3O2/c1-2-13-31(14-3-1)49-52-50(54-51(53-49)39-22-11-23-44-48(39)42-26-32-15-4-5-16-33(32)28-45(42)56-44)34-24-25-43-41(27-34)47-38-20-9-8-19-37(38)40(29-46(47)55-43)36-21-10-17-30-12-6-7-18-35(30)36/h1-29H. The topological polar surface area (TPSA) is 65.0 Å². The van der Waals surface area contributed by atoms with Crippen molar-refractivity contribution in [2.75, 3.05) is 0 Å². The van der Waals surface area contributed by atoms with Gasteiger partial charge in [0, 0.05) is 38.2 Å². The summed E-state index contributed by atoms with van der Waals surface area (Å²) in [6.07, 6.45) is 0. The fraction of sp³-hybridized carbons (Fsp3) is 0. The monoisotopic (exact) mass is 715 g/mol. The van der Waals surface area contributed by atoms with Crippen molar-refractivity contribution >= 4 is 76.2 Å². The molecule has 12 aromatic rings. The number of fused-ring (bicyclic) bond motifs is 10. The molecule has 9 aromatic carbocycles. The molecule has 0 atom stereocenters. The molecule has 0 amide bonds. The lowest BCUT2D eigenvalue weighted by atomic mass is 9.92. The predicted molar refractivity (Wildman–Crippen MR) is 229 cm³/mol. The molecule has 3 aromatic heterocycles. The summed E-state index contributed by atoms with van der Waals surface area (Å²) >= 11 is 0. The number of hydrogen-bond acceptors (Lipinski definition) is 5. The second-order valence-corrected chi connectivity index (χ2v) is 14.3. The van der Waals surface area contributed by atoms with E-state index < -0.39 is 0 Å². The smallest absolute Gasteiger partial charge is 0.164 e.